The van der Waals surface area contributed by atoms with Crippen molar-refractivity contribution < 1.29 is 19.1 Å². The number of pyridine rings is 1. The molecule has 7 rings (SSSR count). The summed E-state index contributed by atoms with van der Waals surface area (Å²) in [5.74, 6) is -0.249. The molecule has 256 valence electrons. The van der Waals surface area contributed by atoms with E-state index in [-0.39, 0.29) is 17.7 Å². The fourth-order valence-corrected chi connectivity index (χ4v) is 7.76. The number of nitrogens with zero attached hydrogens (tertiary/aromatic N) is 5. The number of benzene rings is 3. The summed E-state index contributed by atoms with van der Waals surface area (Å²) in [5.41, 5.74) is 5.36. The van der Waals surface area contributed by atoms with Crippen LogP contribution in [-0.2, 0) is 32.1 Å². The van der Waals surface area contributed by atoms with Gasteiger partial charge in [0.25, 0.3) is 0 Å². The van der Waals surface area contributed by atoms with E-state index >= 15 is 0 Å². The molecule has 11 heteroatoms. The van der Waals surface area contributed by atoms with Gasteiger partial charge in [0.2, 0.25) is 17.7 Å². The maximum atomic E-state index is 13.9. The fourth-order valence-electron chi connectivity index (χ4n) is 6.59. The summed E-state index contributed by atoms with van der Waals surface area (Å²) < 4.78 is 5.49. The molecule has 1 unspecified atom stereocenters. The van der Waals surface area contributed by atoms with Crippen LogP contribution < -0.4 is 10.2 Å². The van der Waals surface area contributed by atoms with E-state index in [0.717, 1.165) is 60.8 Å². The van der Waals surface area contributed by atoms with Gasteiger partial charge in [-0.2, -0.15) is 0 Å². The Bertz CT molecular complexity index is 1820. The summed E-state index contributed by atoms with van der Waals surface area (Å²) in [6.07, 6.45) is 5.94. The smallest absolute Gasteiger partial charge is 0.247 e. The van der Waals surface area contributed by atoms with Crippen molar-refractivity contribution in [1.82, 2.24) is 14.8 Å². The van der Waals surface area contributed by atoms with Crippen molar-refractivity contribution in [3.8, 4) is 0 Å². The number of amides is 3. The average molecular weight is 689 g/mol. The summed E-state index contributed by atoms with van der Waals surface area (Å²) in [7, 11) is 0. The Kier molecular flexibility index (Phi) is 10.5. The largest absolute Gasteiger partial charge is 0.378 e. The first-order valence-electron chi connectivity index (χ1n) is 17.1. The fraction of sp³-hybridized carbons (Fsp3) is 0.308. The van der Waals surface area contributed by atoms with Gasteiger partial charge in [0, 0.05) is 49.8 Å². The van der Waals surface area contributed by atoms with Gasteiger partial charge in [0.1, 0.15) is 11.3 Å². The number of hydrogen-bond acceptors (Lipinski definition) is 8. The summed E-state index contributed by atoms with van der Waals surface area (Å²) in [5, 5.41) is 3.14. The van der Waals surface area contributed by atoms with Gasteiger partial charge < -0.3 is 19.9 Å². The van der Waals surface area contributed by atoms with E-state index in [1.165, 1.54) is 11.8 Å². The predicted octanol–water partition coefficient (Wildman–Crippen LogP) is 5.98. The van der Waals surface area contributed by atoms with Crippen LogP contribution in [0.15, 0.2) is 108 Å². The van der Waals surface area contributed by atoms with E-state index in [2.05, 4.69) is 27.3 Å². The third kappa shape index (κ3) is 7.90. The Morgan fingerprint density at radius 3 is 2.40 bits per heavy atom. The van der Waals surface area contributed by atoms with Crippen molar-refractivity contribution >= 4 is 51.7 Å². The lowest BCUT2D eigenvalue weighted by Crippen LogP contribution is -2.43. The standard InChI is InChI=1S/C39H40N6O4S/c46-35(19-10-28-6-2-1-3-7-28)44-21-5-9-34(44)37(47)41-31-13-11-30(12-14-31)36-38(48)45(27-29-8-4-20-40-26-29)39(50-36)42-32-15-17-33(18-16-32)43-22-24-49-25-23-43/h1-4,6-8,11-18,20,26,34,36H,5,9-10,19,21-25,27H2,(H,41,47)/t34-,36?/m0/s1. The highest BCUT2D eigenvalue weighted by molar-refractivity contribution is 8.15. The molecule has 3 aromatic carbocycles. The summed E-state index contributed by atoms with van der Waals surface area (Å²) in [4.78, 5) is 55.2. The topological polar surface area (TPSA) is 107 Å². The lowest BCUT2D eigenvalue weighted by atomic mass is 10.1. The zero-order chi connectivity index (χ0) is 34.3. The highest BCUT2D eigenvalue weighted by Crippen LogP contribution is 2.41. The highest BCUT2D eigenvalue weighted by atomic mass is 32.2. The number of likely N-dealkylation sites (tertiary alicyclic amines) is 1. The number of thioether (sulfide) groups is 1. The molecule has 3 aliphatic heterocycles. The number of anilines is 2. The van der Waals surface area contributed by atoms with Gasteiger partial charge in [-0.05, 0) is 78.4 Å². The van der Waals surface area contributed by atoms with Crippen LogP contribution in [0, 0.1) is 0 Å². The molecule has 10 nitrogen and oxygen atoms in total. The summed E-state index contributed by atoms with van der Waals surface area (Å²) >= 11 is 1.42. The minimum atomic E-state index is -0.493. The Labute approximate surface area is 296 Å². The zero-order valence-electron chi connectivity index (χ0n) is 27.8. The number of rotatable bonds is 10. The molecule has 0 saturated carbocycles. The molecule has 3 amide bonds. The lowest BCUT2D eigenvalue weighted by Gasteiger charge is -2.28. The summed E-state index contributed by atoms with van der Waals surface area (Å²) in [6.45, 7) is 4.09. The number of aliphatic imine (C=N–C) groups is 1. The van der Waals surface area contributed by atoms with E-state index in [1.807, 2.05) is 78.9 Å². The van der Waals surface area contributed by atoms with Crippen molar-refractivity contribution in [2.75, 3.05) is 43.1 Å². The molecule has 0 aliphatic carbocycles. The molecule has 0 spiro atoms. The number of amidine groups is 1. The van der Waals surface area contributed by atoms with Crippen LogP contribution in [0.3, 0.4) is 0 Å². The minimum Gasteiger partial charge on any atom is -0.378 e. The number of aryl methyl sites for hydroxylation is 1. The minimum absolute atomic E-state index is 0.0000251. The second-order valence-electron chi connectivity index (χ2n) is 12.6. The molecule has 1 N–H and O–H groups in total. The summed E-state index contributed by atoms with van der Waals surface area (Å²) in [6, 6.07) is 28.7. The molecule has 3 saturated heterocycles. The molecule has 3 fully saturated rings. The quantitative estimate of drug-likeness (QED) is 0.218. The molecular formula is C39H40N6O4S. The second kappa shape index (κ2) is 15.7. The van der Waals surface area contributed by atoms with Crippen LogP contribution in [0.25, 0.3) is 0 Å². The average Bonchev–Trinajstić information content (AvgIpc) is 3.78. The first kappa shape index (κ1) is 33.5. The van der Waals surface area contributed by atoms with Crippen molar-refractivity contribution in [3.63, 3.8) is 0 Å². The van der Waals surface area contributed by atoms with Gasteiger partial charge in [0.15, 0.2) is 5.17 Å². The first-order chi connectivity index (χ1) is 24.5. The van der Waals surface area contributed by atoms with Gasteiger partial charge in [-0.3, -0.25) is 24.3 Å². The number of morpholine rings is 1. The molecule has 4 aromatic rings. The molecule has 2 atom stereocenters. The van der Waals surface area contributed by atoms with Crippen molar-refractivity contribution in [3.05, 3.63) is 120 Å². The van der Waals surface area contributed by atoms with Gasteiger partial charge in [-0.15, -0.1) is 0 Å². The molecule has 50 heavy (non-hydrogen) atoms. The number of hydrogen-bond donors (Lipinski definition) is 1. The number of nitrogens with one attached hydrogen (secondary N) is 1. The van der Waals surface area contributed by atoms with Gasteiger partial charge >= 0.3 is 0 Å². The zero-order valence-corrected chi connectivity index (χ0v) is 28.6. The van der Waals surface area contributed by atoms with E-state index in [0.29, 0.717) is 43.2 Å². The van der Waals surface area contributed by atoms with Gasteiger partial charge in [-0.25, -0.2) is 4.99 Å². The maximum Gasteiger partial charge on any atom is 0.247 e. The number of aromatic nitrogens is 1. The Hall–Kier alpha value is -5.00. The third-order valence-corrected chi connectivity index (χ3v) is 10.5. The van der Waals surface area contributed by atoms with Crippen LogP contribution >= 0.6 is 11.8 Å². The highest BCUT2D eigenvalue weighted by Gasteiger charge is 2.39. The maximum absolute atomic E-state index is 13.9. The van der Waals surface area contributed by atoms with Crippen LogP contribution in [0.2, 0.25) is 0 Å². The molecule has 1 aromatic heterocycles. The van der Waals surface area contributed by atoms with E-state index in [4.69, 9.17) is 9.73 Å². The van der Waals surface area contributed by atoms with Crippen molar-refractivity contribution in [2.24, 2.45) is 4.99 Å². The van der Waals surface area contributed by atoms with Crippen molar-refractivity contribution in [2.45, 2.75) is 43.5 Å². The van der Waals surface area contributed by atoms with E-state index in [9.17, 15) is 14.4 Å². The predicted molar refractivity (Wildman–Crippen MR) is 196 cm³/mol. The molecule has 0 radical (unpaired) electrons. The van der Waals surface area contributed by atoms with E-state index < -0.39 is 11.3 Å². The van der Waals surface area contributed by atoms with Crippen LogP contribution in [-0.4, -0.2) is 76.6 Å². The molecule has 4 heterocycles. The number of ether oxygens (including phenoxy) is 1. The molecular weight excluding hydrogens is 649 g/mol. The van der Waals surface area contributed by atoms with Crippen LogP contribution in [0.5, 0.6) is 0 Å². The van der Waals surface area contributed by atoms with Crippen LogP contribution in [0.4, 0.5) is 17.1 Å². The molecule has 0 bridgehead atoms. The Balaban J connectivity index is 1.03. The normalized spacial score (nSPS) is 20.0. The Morgan fingerprint density at radius 1 is 0.900 bits per heavy atom. The third-order valence-electron chi connectivity index (χ3n) is 9.29. The second-order valence-corrected chi connectivity index (χ2v) is 13.7. The lowest BCUT2D eigenvalue weighted by molar-refractivity contribution is -0.136. The molecule has 3 aliphatic rings. The monoisotopic (exact) mass is 688 g/mol. The Morgan fingerprint density at radius 2 is 1.66 bits per heavy atom. The van der Waals surface area contributed by atoms with Crippen LogP contribution in [0.1, 0.15) is 41.2 Å². The number of carbonyl (C=O) groups is 3. The number of carbonyl (C=O) groups excluding carboxylic acids is 3. The SMILES string of the molecule is O=C(Nc1ccc(C2SC(=Nc3ccc(N4CCOCC4)cc3)N(Cc3cccnc3)C2=O)cc1)[C@@H]1CCCN1C(=O)CCc1ccccc1. The van der Waals surface area contributed by atoms with Gasteiger partial charge in [0.05, 0.1) is 25.4 Å². The first-order valence-corrected chi connectivity index (χ1v) is 18.0. The van der Waals surface area contributed by atoms with Gasteiger partial charge in [-0.1, -0.05) is 60.3 Å². The van der Waals surface area contributed by atoms with E-state index in [1.54, 1.807) is 22.2 Å². The van der Waals surface area contributed by atoms with Crippen molar-refractivity contribution in [1.29, 1.82) is 0 Å².